The van der Waals surface area contributed by atoms with Crippen LogP contribution in [-0.4, -0.2) is 51.6 Å². The van der Waals surface area contributed by atoms with Gasteiger partial charge in [0, 0.05) is 24.5 Å². The highest BCUT2D eigenvalue weighted by Crippen LogP contribution is 2.28. The third-order valence-electron chi connectivity index (χ3n) is 7.02. The van der Waals surface area contributed by atoms with E-state index in [1.807, 2.05) is 13.8 Å². The lowest BCUT2D eigenvalue weighted by atomic mass is 9.93. The van der Waals surface area contributed by atoms with Crippen molar-refractivity contribution in [3.05, 3.63) is 46.9 Å². The molecule has 1 amide bonds. The van der Waals surface area contributed by atoms with E-state index in [9.17, 15) is 4.79 Å². The third-order valence-corrected chi connectivity index (χ3v) is 7.02. The quantitative estimate of drug-likeness (QED) is 0.469. The topological polar surface area (TPSA) is 122 Å². The molecule has 0 aliphatic carbocycles. The van der Waals surface area contributed by atoms with E-state index in [0.717, 1.165) is 67.0 Å². The van der Waals surface area contributed by atoms with Crippen LogP contribution in [0.3, 0.4) is 0 Å². The second-order valence-corrected chi connectivity index (χ2v) is 9.47. The Kier molecular flexibility index (Phi) is 8.18. The molecule has 36 heavy (non-hydrogen) atoms. The number of nitrogen functional groups attached to an aromatic ring is 1. The lowest BCUT2D eigenvalue weighted by Gasteiger charge is -2.31. The van der Waals surface area contributed by atoms with Crippen molar-refractivity contribution in [1.82, 2.24) is 19.4 Å². The Morgan fingerprint density at radius 3 is 2.78 bits per heavy atom. The van der Waals surface area contributed by atoms with Crippen LogP contribution >= 0.6 is 0 Å². The number of nitrogens with two attached hydrogens (primary N) is 1. The Balaban J connectivity index is 1.34. The average molecular weight is 490 g/mol. The number of ether oxygens (including phenoxy) is 1. The maximum absolute atomic E-state index is 12.5. The molecule has 0 radical (unpaired) electrons. The van der Waals surface area contributed by atoms with Crippen LogP contribution in [0.15, 0.2) is 24.3 Å². The number of amides is 1. The summed E-state index contributed by atoms with van der Waals surface area (Å²) in [5.41, 5.74) is 11.3. The van der Waals surface area contributed by atoms with E-state index in [2.05, 4.69) is 32.8 Å². The van der Waals surface area contributed by atoms with Crippen molar-refractivity contribution in [2.24, 2.45) is 5.92 Å². The summed E-state index contributed by atoms with van der Waals surface area (Å²) >= 11 is 0. The highest BCUT2D eigenvalue weighted by atomic mass is 16.5. The van der Waals surface area contributed by atoms with Crippen molar-refractivity contribution in [2.75, 3.05) is 37.3 Å². The molecule has 0 spiro atoms. The fourth-order valence-corrected chi connectivity index (χ4v) is 4.91. The number of anilines is 2. The molecule has 0 saturated carbocycles. The van der Waals surface area contributed by atoms with E-state index in [4.69, 9.17) is 20.7 Å². The summed E-state index contributed by atoms with van der Waals surface area (Å²) in [6.45, 7) is 10.1. The van der Waals surface area contributed by atoms with Crippen molar-refractivity contribution in [2.45, 2.75) is 53.2 Å². The SMILES string of the molecule is CCOCc1nc2c(N)nc(C)c(C)c2n1CCC1CCN(CC(=O)Nc2cccc(C#N)c2)CC1. The Bertz CT molecular complexity index is 1270. The number of likely N-dealkylation sites (tertiary alicyclic amines) is 1. The van der Waals surface area contributed by atoms with Crippen LogP contribution in [0.1, 0.15) is 48.8 Å². The molecule has 0 unspecified atom stereocenters. The molecular formula is C27H35N7O2. The van der Waals surface area contributed by atoms with E-state index in [1.165, 1.54) is 0 Å². The molecule has 1 aliphatic rings. The molecule has 9 nitrogen and oxygen atoms in total. The Hall–Kier alpha value is -3.48. The van der Waals surface area contributed by atoms with E-state index in [1.54, 1.807) is 24.3 Å². The van der Waals surface area contributed by atoms with Gasteiger partial charge in [0.15, 0.2) is 5.82 Å². The van der Waals surface area contributed by atoms with Crippen LogP contribution in [0, 0.1) is 31.1 Å². The predicted molar refractivity (Wildman–Crippen MR) is 140 cm³/mol. The predicted octanol–water partition coefficient (Wildman–Crippen LogP) is 3.78. The Morgan fingerprint density at radius 2 is 2.06 bits per heavy atom. The normalized spacial score (nSPS) is 14.7. The van der Waals surface area contributed by atoms with Crippen LogP contribution in [-0.2, 0) is 22.7 Å². The molecule has 9 heteroatoms. The number of rotatable bonds is 9. The maximum atomic E-state index is 12.5. The van der Waals surface area contributed by atoms with Crippen LogP contribution in [0.25, 0.3) is 11.0 Å². The molecule has 1 fully saturated rings. The number of piperidine rings is 1. The summed E-state index contributed by atoms with van der Waals surface area (Å²) in [4.78, 5) is 24.0. The molecule has 1 aromatic carbocycles. The molecule has 4 rings (SSSR count). The highest BCUT2D eigenvalue weighted by molar-refractivity contribution is 5.92. The van der Waals surface area contributed by atoms with Gasteiger partial charge in [-0.1, -0.05) is 6.07 Å². The number of nitrogens with one attached hydrogen (secondary N) is 1. The molecule has 3 aromatic rings. The van der Waals surface area contributed by atoms with Gasteiger partial charge in [-0.05, 0) is 82.8 Å². The number of fused-ring (bicyclic) bond motifs is 1. The zero-order valence-electron chi connectivity index (χ0n) is 21.4. The first kappa shape index (κ1) is 25.6. The van der Waals surface area contributed by atoms with Crippen LogP contribution in [0.5, 0.6) is 0 Å². The second-order valence-electron chi connectivity index (χ2n) is 9.47. The van der Waals surface area contributed by atoms with Gasteiger partial charge >= 0.3 is 0 Å². The van der Waals surface area contributed by atoms with Gasteiger partial charge in [-0.3, -0.25) is 9.69 Å². The fraction of sp³-hybridized carbons (Fsp3) is 0.481. The standard InChI is InChI=1S/C27H35N7O2/c1-4-36-17-23-32-25-26(18(2)19(3)30-27(25)29)34(23)13-10-20-8-11-33(12-9-20)16-24(35)31-22-7-5-6-21(14-22)15-28/h5-7,14,20H,4,8-13,16-17H2,1-3H3,(H2,29,30)(H,31,35). The Labute approximate surface area is 212 Å². The Morgan fingerprint density at radius 1 is 1.28 bits per heavy atom. The molecule has 190 valence electrons. The van der Waals surface area contributed by atoms with Crippen molar-refractivity contribution < 1.29 is 9.53 Å². The van der Waals surface area contributed by atoms with Crippen LogP contribution in [0.2, 0.25) is 0 Å². The molecular weight excluding hydrogens is 454 g/mol. The lowest BCUT2D eigenvalue weighted by molar-refractivity contribution is -0.117. The summed E-state index contributed by atoms with van der Waals surface area (Å²) in [5, 5.41) is 11.9. The summed E-state index contributed by atoms with van der Waals surface area (Å²) in [6.07, 6.45) is 3.13. The molecule has 0 bridgehead atoms. The van der Waals surface area contributed by atoms with Gasteiger partial charge in [-0.25, -0.2) is 9.97 Å². The number of benzene rings is 1. The van der Waals surface area contributed by atoms with Gasteiger partial charge in [0.1, 0.15) is 17.9 Å². The van der Waals surface area contributed by atoms with E-state index in [0.29, 0.717) is 42.7 Å². The van der Waals surface area contributed by atoms with Gasteiger partial charge in [0.05, 0.1) is 23.7 Å². The number of carbonyl (C=O) groups excluding carboxylic acids is 1. The largest absolute Gasteiger partial charge is 0.382 e. The van der Waals surface area contributed by atoms with Crippen molar-refractivity contribution in [3.8, 4) is 6.07 Å². The molecule has 1 saturated heterocycles. The first-order chi connectivity index (χ1) is 17.4. The van der Waals surface area contributed by atoms with Crippen molar-refractivity contribution >= 4 is 28.4 Å². The maximum Gasteiger partial charge on any atom is 0.238 e. The number of hydrogen-bond acceptors (Lipinski definition) is 7. The monoisotopic (exact) mass is 489 g/mol. The fourth-order valence-electron chi connectivity index (χ4n) is 4.91. The summed E-state index contributed by atoms with van der Waals surface area (Å²) in [7, 11) is 0. The van der Waals surface area contributed by atoms with E-state index >= 15 is 0 Å². The van der Waals surface area contributed by atoms with Gasteiger partial charge in [-0.2, -0.15) is 5.26 Å². The number of nitrogens with zero attached hydrogens (tertiary/aromatic N) is 5. The molecule has 3 N–H and O–H groups in total. The lowest BCUT2D eigenvalue weighted by Crippen LogP contribution is -2.39. The van der Waals surface area contributed by atoms with Gasteiger partial charge in [0.2, 0.25) is 5.91 Å². The minimum absolute atomic E-state index is 0.0500. The van der Waals surface area contributed by atoms with Crippen LogP contribution in [0.4, 0.5) is 11.5 Å². The van der Waals surface area contributed by atoms with E-state index < -0.39 is 0 Å². The van der Waals surface area contributed by atoms with Gasteiger partial charge < -0.3 is 20.4 Å². The highest BCUT2D eigenvalue weighted by Gasteiger charge is 2.23. The zero-order chi connectivity index (χ0) is 25.7. The summed E-state index contributed by atoms with van der Waals surface area (Å²) < 4.78 is 7.96. The number of aryl methyl sites for hydroxylation is 3. The van der Waals surface area contributed by atoms with Gasteiger partial charge in [0.25, 0.3) is 0 Å². The number of imidazole rings is 1. The number of aromatic nitrogens is 3. The summed E-state index contributed by atoms with van der Waals surface area (Å²) in [5.74, 6) is 1.89. The minimum Gasteiger partial charge on any atom is -0.382 e. The summed E-state index contributed by atoms with van der Waals surface area (Å²) in [6, 6.07) is 9.09. The van der Waals surface area contributed by atoms with Crippen molar-refractivity contribution in [3.63, 3.8) is 0 Å². The smallest absolute Gasteiger partial charge is 0.238 e. The van der Waals surface area contributed by atoms with Gasteiger partial charge in [-0.15, -0.1) is 0 Å². The second kappa shape index (κ2) is 11.5. The zero-order valence-corrected chi connectivity index (χ0v) is 21.4. The van der Waals surface area contributed by atoms with E-state index in [-0.39, 0.29) is 5.91 Å². The molecule has 0 atom stereocenters. The first-order valence-electron chi connectivity index (χ1n) is 12.6. The number of carbonyl (C=O) groups is 1. The van der Waals surface area contributed by atoms with Crippen LogP contribution < -0.4 is 11.1 Å². The number of hydrogen-bond donors (Lipinski definition) is 2. The third kappa shape index (κ3) is 5.83. The molecule has 1 aliphatic heterocycles. The molecule has 2 aromatic heterocycles. The minimum atomic E-state index is -0.0500. The molecule has 3 heterocycles. The number of nitriles is 1. The van der Waals surface area contributed by atoms with Crippen molar-refractivity contribution in [1.29, 1.82) is 5.26 Å². The number of pyridine rings is 1. The first-order valence-corrected chi connectivity index (χ1v) is 12.6. The average Bonchev–Trinajstić information content (AvgIpc) is 3.24.